The number of halogens is 5. The first-order valence-electron chi connectivity index (χ1n) is 5.87. The van der Waals surface area contributed by atoms with Crippen LogP contribution in [0.15, 0.2) is 46.9 Å². The van der Waals surface area contributed by atoms with Crippen LogP contribution in [0.1, 0.15) is 5.56 Å². The van der Waals surface area contributed by atoms with E-state index in [1.54, 1.807) is 18.2 Å². The Morgan fingerprint density at radius 1 is 1.10 bits per heavy atom. The minimum absolute atomic E-state index is 0.169. The molecule has 0 fully saturated rings. The van der Waals surface area contributed by atoms with Crippen LogP contribution in [-0.2, 0) is 6.54 Å². The van der Waals surface area contributed by atoms with Crippen molar-refractivity contribution in [2.24, 2.45) is 0 Å². The zero-order valence-electron chi connectivity index (χ0n) is 10.5. The van der Waals surface area contributed by atoms with Crippen molar-refractivity contribution < 1.29 is 22.3 Å². The minimum Gasteiger partial charge on any atom is -0.406 e. The van der Waals surface area contributed by atoms with Gasteiger partial charge >= 0.3 is 6.36 Å². The maximum Gasteiger partial charge on any atom is 0.573 e. The fourth-order valence-electron chi connectivity index (χ4n) is 1.68. The van der Waals surface area contributed by atoms with Gasteiger partial charge in [-0.05, 0) is 35.9 Å². The van der Waals surface area contributed by atoms with E-state index >= 15 is 0 Å². The van der Waals surface area contributed by atoms with Gasteiger partial charge in [-0.3, -0.25) is 0 Å². The van der Waals surface area contributed by atoms with Gasteiger partial charge in [0.1, 0.15) is 11.6 Å². The third kappa shape index (κ3) is 4.93. The number of nitrogens with one attached hydrogen (secondary N) is 1. The third-order valence-electron chi connectivity index (χ3n) is 2.54. The molecule has 2 rings (SSSR count). The highest BCUT2D eigenvalue weighted by Crippen LogP contribution is 2.24. The number of benzene rings is 2. The molecule has 0 aliphatic heterocycles. The molecule has 112 valence electrons. The Hall–Kier alpha value is -1.76. The molecule has 2 aromatic carbocycles. The third-order valence-corrected chi connectivity index (χ3v) is 3.04. The smallest absolute Gasteiger partial charge is 0.406 e. The van der Waals surface area contributed by atoms with E-state index in [1.807, 2.05) is 0 Å². The standard InChI is InChI=1S/C14H10BrF4NO/c15-10-4-5-12(16)13(7-10)20-8-9-2-1-3-11(6-9)21-14(17,18)19/h1-7,20H,8H2. The Bertz CT molecular complexity index is 631. The summed E-state index contributed by atoms with van der Waals surface area (Å²) in [7, 11) is 0. The predicted molar refractivity (Wildman–Crippen MR) is 74.6 cm³/mol. The van der Waals surface area contributed by atoms with Gasteiger partial charge in [0.2, 0.25) is 0 Å². The van der Waals surface area contributed by atoms with Gasteiger partial charge in [0.25, 0.3) is 0 Å². The van der Waals surface area contributed by atoms with E-state index < -0.39 is 12.2 Å². The van der Waals surface area contributed by atoms with E-state index in [0.29, 0.717) is 10.0 Å². The van der Waals surface area contributed by atoms with Crippen LogP contribution >= 0.6 is 15.9 Å². The van der Waals surface area contributed by atoms with Crippen LogP contribution in [0.25, 0.3) is 0 Å². The van der Waals surface area contributed by atoms with Gasteiger partial charge in [-0.25, -0.2) is 4.39 Å². The summed E-state index contributed by atoms with van der Waals surface area (Å²) < 4.78 is 54.4. The van der Waals surface area contributed by atoms with Gasteiger partial charge in [0.05, 0.1) is 5.69 Å². The quantitative estimate of drug-likeness (QED) is 0.763. The Morgan fingerprint density at radius 2 is 1.86 bits per heavy atom. The van der Waals surface area contributed by atoms with Crippen molar-refractivity contribution in [3.05, 3.63) is 58.3 Å². The first-order chi connectivity index (χ1) is 9.83. The van der Waals surface area contributed by atoms with Crippen molar-refractivity contribution in [2.75, 3.05) is 5.32 Å². The normalized spacial score (nSPS) is 11.3. The summed E-state index contributed by atoms with van der Waals surface area (Å²) in [6, 6.07) is 9.90. The number of hydrogen-bond acceptors (Lipinski definition) is 2. The van der Waals surface area contributed by atoms with Crippen molar-refractivity contribution in [3.63, 3.8) is 0 Å². The summed E-state index contributed by atoms with van der Waals surface area (Å²) in [6.45, 7) is 0.169. The van der Waals surface area contributed by atoms with Gasteiger partial charge in [0, 0.05) is 11.0 Å². The molecular weight excluding hydrogens is 354 g/mol. The number of anilines is 1. The van der Waals surface area contributed by atoms with Crippen LogP contribution in [0.5, 0.6) is 5.75 Å². The second-order valence-electron chi connectivity index (χ2n) is 4.17. The molecule has 1 N–H and O–H groups in total. The fourth-order valence-corrected chi connectivity index (χ4v) is 2.04. The lowest BCUT2D eigenvalue weighted by molar-refractivity contribution is -0.274. The Labute approximate surface area is 126 Å². The molecule has 0 atom stereocenters. The molecular formula is C14H10BrF4NO. The predicted octanol–water partition coefficient (Wildman–Crippen LogP) is 5.10. The largest absolute Gasteiger partial charge is 0.573 e. The van der Waals surface area contributed by atoms with E-state index in [2.05, 4.69) is 26.0 Å². The van der Waals surface area contributed by atoms with E-state index in [-0.39, 0.29) is 18.0 Å². The van der Waals surface area contributed by atoms with E-state index in [9.17, 15) is 17.6 Å². The van der Waals surface area contributed by atoms with Gasteiger partial charge < -0.3 is 10.1 Å². The topological polar surface area (TPSA) is 21.3 Å². The van der Waals surface area contributed by atoms with Gasteiger partial charge in [-0.1, -0.05) is 28.1 Å². The summed E-state index contributed by atoms with van der Waals surface area (Å²) in [4.78, 5) is 0. The maximum absolute atomic E-state index is 13.5. The summed E-state index contributed by atoms with van der Waals surface area (Å²) in [5, 5.41) is 2.82. The molecule has 0 aliphatic carbocycles. The molecule has 0 saturated heterocycles. The fraction of sp³-hybridized carbons (Fsp3) is 0.143. The summed E-state index contributed by atoms with van der Waals surface area (Å²) in [6.07, 6.45) is -4.73. The Kier molecular flexibility index (Phi) is 4.72. The van der Waals surface area contributed by atoms with Crippen molar-refractivity contribution in [2.45, 2.75) is 12.9 Å². The number of hydrogen-bond donors (Lipinski definition) is 1. The van der Waals surface area contributed by atoms with E-state index in [4.69, 9.17) is 0 Å². The van der Waals surface area contributed by atoms with E-state index in [0.717, 1.165) is 0 Å². The number of alkyl halides is 3. The molecule has 0 saturated carbocycles. The molecule has 0 bridgehead atoms. The maximum atomic E-state index is 13.5. The number of ether oxygens (including phenoxy) is 1. The lowest BCUT2D eigenvalue weighted by Crippen LogP contribution is -2.17. The Balaban J connectivity index is 2.06. The first-order valence-corrected chi connectivity index (χ1v) is 6.66. The highest BCUT2D eigenvalue weighted by atomic mass is 79.9. The van der Waals surface area contributed by atoms with Gasteiger partial charge in [-0.2, -0.15) is 0 Å². The first kappa shape index (κ1) is 15.6. The zero-order chi connectivity index (χ0) is 15.5. The summed E-state index contributed by atoms with van der Waals surface area (Å²) in [5.41, 5.74) is 0.794. The van der Waals surface area contributed by atoms with Crippen LogP contribution in [-0.4, -0.2) is 6.36 Å². The molecule has 0 aliphatic rings. The molecule has 0 spiro atoms. The SMILES string of the molecule is Fc1ccc(Br)cc1NCc1cccc(OC(F)(F)F)c1. The average molecular weight is 364 g/mol. The molecule has 0 amide bonds. The van der Waals surface area contributed by atoms with Crippen molar-refractivity contribution in [1.82, 2.24) is 0 Å². The summed E-state index contributed by atoms with van der Waals surface area (Å²) >= 11 is 3.22. The second kappa shape index (κ2) is 6.34. The van der Waals surface area contributed by atoms with Gasteiger partial charge in [-0.15, -0.1) is 13.2 Å². The van der Waals surface area contributed by atoms with Crippen LogP contribution in [0.3, 0.4) is 0 Å². The molecule has 21 heavy (non-hydrogen) atoms. The van der Waals surface area contributed by atoms with Gasteiger partial charge in [0.15, 0.2) is 0 Å². The molecule has 0 heterocycles. The highest BCUT2D eigenvalue weighted by Gasteiger charge is 2.31. The molecule has 0 radical (unpaired) electrons. The molecule has 0 aromatic heterocycles. The molecule has 2 nitrogen and oxygen atoms in total. The van der Waals surface area contributed by atoms with Crippen molar-refractivity contribution in [3.8, 4) is 5.75 Å². The lowest BCUT2D eigenvalue weighted by atomic mass is 10.2. The lowest BCUT2D eigenvalue weighted by Gasteiger charge is -2.11. The molecule has 7 heteroatoms. The van der Waals surface area contributed by atoms with Crippen LogP contribution in [0, 0.1) is 5.82 Å². The van der Waals surface area contributed by atoms with Crippen LogP contribution < -0.4 is 10.1 Å². The summed E-state index contributed by atoms with van der Waals surface area (Å²) in [5.74, 6) is -0.752. The van der Waals surface area contributed by atoms with Crippen molar-refractivity contribution in [1.29, 1.82) is 0 Å². The van der Waals surface area contributed by atoms with Crippen molar-refractivity contribution >= 4 is 21.6 Å². The molecule has 2 aromatic rings. The monoisotopic (exact) mass is 363 g/mol. The average Bonchev–Trinajstić information content (AvgIpc) is 2.38. The molecule has 0 unspecified atom stereocenters. The second-order valence-corrected chi connectivity index (χ2v) is 5.09. The van der Waals surface area contributed by atoms with Crippen LogP contribution in [0.2, 0.25) is 0 Å². The van der Waals surface area contributed by atoms with E-state index in [1.165, 1.54) is 24.3 Å². The Morgan fingerprint density at radius 3 is 2.57 bits per heavy atom. The highest BCUT2D eigenvalue weighted by molar-refractivity contribution is 9.10. The zero-order valence-corrected chi connectivity index (χ0v) is 12.1. The number of rotatable bonds is 4. The van der Waals surface area contributed by atoms with Crippen LogP contribution in [0.4, 0.5) is 23.2 Å². The minimum atomic E-state index is -4.73.